The smallest absolute Gasteiger partial charge is 0.191 e. The van der Waals surface area contributed by atoms with E-state index in [1.165, 1.54) is 30.0 Å². The highest BCUT2D eigenvalue weighted by Crippen LogP contribution is 2.31. The molecule has 1 aromatic heterocycles. The lowest BCUT2D eigenvalue weighted by Gasteiger charge is -2.20. The number of aryl methyl sites for hydroxylation is 2. The molecule has 2 N–H and O–H groups in total. The van der Waals surface area contributed by atoms with Gasteiger partial charge in [-0.15, -0.1) is 11.3 Å². The van der Waals surface area contributed by atoms with Crippen LogP contribution in [0.25, 0.3) is 0 Å². The zero-order valence-electron chi connectivity index (χ0n) is 14.7. The van der Waals surface area contributed by atoms with Crippen LogP contribution in [0.4, 0.5) is 0 Å². The maximum atomic E-state index is 4.49. The lowest BCUT2D eigenvalue weighted by Crippen LogP contribution is -2.47. The van der Waals surface area contributed by atoms with Crippen molar-refractivity contribution in [3.63, 3.8) is 0 Å². The summed E-state index contributed by atoms with van der Waals surface area (Å²) < 4.78 is 0. The van der Waals surface area contributed by atoms with Crippen molar-refractivity contribution in [1.82, 2.24) is 20.5 Å². The molecule has 5 nitrogen and oxygen atoms in total. The van der Waals surface area contributed by atoms with E-state index in [1.54, 1.807) is 11.3 Å². The highest BCUT2D eigenvalue weighted by atomic mass is 32.1. The second-order valence-electron chi connectivity index (χ2n) is 6.90. The van der Waals surface area contributed by atoms with E-state index in [2.05, 4.69) is 46.3 Å². The number of guanidine groups is 1. The van der Waals surface area contributed by atoms with Gasteiger partial charge in [-0.25, -0.2) is 4.98 Å². The third kappa shape index (κ3) is 4.23. The van der Waals surface area contributed by atoms with Gasteiger partial charge in [0.2, 0.25) is 0 Å². The van der Waals surface area contributed by atoms with Crippen LogP contribution in [0, 0.1) is 19.8 Å². The van der Waals surface area contributed by atoms with Crippen LogP contribution in [0.5, 0.6) is 0 Å². The first kappa shape index (κ1) is 16.7. The molecule has 1 saturated carbocycles. The molecule has 0 spiro atoms. The molecule has 1 aliphatic carbocycles. The SMILES string of the molecule is CN=C(NCCc1sc(C)nc1C)NC1CN(C2CC2)CC1C. The number of hydrogen-bond acceptors (Lipinski definition) is 4. The topological polar surface area (TPSA) is 52.6 Å². The van der Waals surface area contributed by atoms with E-state index in [0.29, 0.717) is 12.0 Å². The van der Waals surface area contributed by atoms with E-state index < -0.39 is 0 Å². The van der Waals surface area contributed by atoms with Gasteiger partial charge in [0.15, 0.2) is 5.96 Å². The Kier molecular flexibility index (Phi) is 5.21. The summed E-state index contributed by atoms with van der Waals surface area (Å²) in [5.74, 6) is 1.61. The summed E-state index contributed by atoms with van der Waals surface area (Å²) in [6.07, 6.45) is 3.78. The van der Waals surface area contributed by atoms with Gasteiger partial charge in [-0.2, -0.15) is 0 Å². The molecule has 2 aliphatic rings. The molecule has 128 valence electrons. The standard InChI is InChI=1S/C17H29N5S/c1-11-9-22(14-5-6-14)10-15(11)21-17(18-4)19-8-7-16-12(2)20-13(3)23-16/h11,14-15H,5-10H2,1-4H3,(H2,18,19,21). The average molecular weight is 336 g/mol. The van der Waals surface area contributed by atoms with Crippen LogP contribution in [0.2, 0.25) is 0 Å². The molecule has 0 aromatic carbocycles. The Balaban J connectivity index is 1.45. The first-order valence-corrected chi connectivity index (χ1v) is 9.52. The Morgan fingerprint density at radius 3 is 2.74 bits per heavy atom. The predicted molar refractivity (Wildman–Crippen MR) is 97.3 cm³/mol. The quantitative estimate of drug-likeness (QED) is 0.638. The summed E-state index contributed by atoms with van der Waals surface area (Å²) in [6, 6.07) is 1.37. The number of thiazole rings is 1. The second-order valence-corrected chi connectivity index (χ2v) is 8.19. The maximum Gasteiger partial charge on any atom is 0.191 e. The number of aromatic nitrogens is 1. The summed E-state index contributed by atoms with van der Waals surface area (Å²) in [5, 5.41) is 8.23. The first-order valence-electron chi connectivity index (χ1n) is 8.71. The lowest BCUT2D eigenvalue weighted by atomic mass is 10.1. The maximum absolute atomic E-state index is 4.49. The van der Waals surface area contributed by atoms with E-state index in [0.717, 1.165) is 36.5 Å². The molecule has 1 saturated heterocycles. The summed E-state index contributed by atoms with van der Waals surface area (Å²) in [5.41, 5.74) is 1.17. The molecule has 2 atom stereocenters. The zero-order chi connectivity index (χ0) is 16.4. The van der Waals surface area contributed by atoms with Crippen molar-refractivity contribution in [1.29, 1.82) is 0 Å². The van der Waals surface area contributed by atoms with Gasteiger partial charge in [0.25, 0.3) is 0 Å². The summed E-state index contributed by atoms with van der Waals surface area (Å²) in [4.78, 5) is 12.9. The minimum Gasteiger partial charge on any atom is -0.356 e. The van der Waals surface area contributed by atoms with Crippen LogP contribution in [0.1, 0.15) is 35.3 Å². The molecule has 1 aromatic rings. The van der Waals surface area contributed by atoms with Crippen molar-refractivity contribution in [2.75, 3.05) is 26.7 Å². The number of likely N-dealkylation sites (tertiary alicyclic amines) is 1. The van der Waals surface area contributed by atoms with Gasteiger partial charge in [-0.05, 0) is 32.6 Å². The Morgan fingerprint density at radius 2 is 2.13 bits per heavy atom. The Labute approximate surface area is 143 Å². The summed E-state index contributed by atoms with van der Waals surface area (Å²) in [7, 11) is 1.86. The zero-order valence-corrected chi connectivity index (χ0v) is 15.5. The molecule has 6 heteroatoms. The number of rotatable bonds is 5. The molecule has 1 aliphatic heterocycles. The van der Waals surface area contributed by atoms with Crippen LogP contribution >= 0.6 is 11.3 Å². The molecule has 2 fully saturated rings. The number of nitrogens with zero attached hydrogens (tertiary/aromatic N) is 3. The van der Waals surface area contributed by atoms with Crippen molar-refractivity contribution in [3.05, 3.63) is 15.6 Å². The number of hydrogen-bond donors (Lipinski definition) is 2. The molecule has 23 heavy (non-hydrogen) atoms. The normalized spacial score (nSPS) is 25.8. The summed E-state index contributed by atoms with van der Waals surface area (Å²) >= 11 is 1.80. The summed E-state index contributed by atoms with van der Waals surface area (Å²) in [6.45, 7) is 9.78. The molecule has 2 heterocycles. The van der Waals surface area contributed by atoms with Crippen LogP contribution in [-0.2, 0) is 6.42 Å². The van der Waals surface area contributed by atoms with Gasteiger partial charge in [0.1, 0.15) is 0 Å². The van der Waals surface area contributed by atoms with Gasteiger partial charge in [-0.1, -0.05) is 6.92 Å². The molecular formula is C17H29N5S. The van der Waals surface area contributed by atoms with E-state index >= 15 is 0 Å². The fourth-order valence-electron chi connectivity index (χ4n) is 3.40. The van der Waals surface area contributed by atoms with Crippen LogP contribution in [0.15, 0.2) is 4.99 Å². The second kappa shape index (κ2) is 7.18. The van der Waals surface area contributed by atoms with Gasteiger partial charge < -0.3 is 10.6 Å². The minimum atomic E-state index is 0.509. The van der Waals surface area contributed by atoms with Gasteiger partial charge in [0, 0.05) is 50.1 Å². The van der Waals surface area contributed by atoms with Gasteiger partial charge >= 0.3 is 0 Å². The average Bonchev–Trinajstić information content (AvgIpc) is 3.23. The number of nitrogens with one attached hydrogen (secondary N) is 2. The van der Waals surface area contributed by atoms with Gasteiger partial charge in [0.05, 0.1) is 10.7 Å². The van der Waals surface area contributed by atoms with Crippen LogP contribution in [0.3, 0.4) is 0 Å². The Bertz CT molecular complexity index is 563. The third-order valence-corrected chi connectivity index (χ3v) is 6.03. The van der Waals surface area contributed by atoms with Crippen molar-refractivity contribution in [2.45, 2.75) is 52.1 Å². The van der Waals surface area contributed by atoms with E-state index in [9.17, 15) is 0 Å². The lowest BCUT2D eigenvalue weighted by molar-refractivity contribution is 0.315. The fourth-order valence-corrected chi connectivity index (χ4v) is 4.34. The van der Waals surface area contributed by atoms with Gasteiger partial charge in [-0.3, -0.25) is 9.89 Å². The van der Waals surface area contributed by atoms with Crippen molar-refractivity contribution in [3.8, 4) is 0 Å². The first-order chi connectivity index (χ1) is 11.1. The largest absolute Gasteiger partial charge is 0.356 e. The van der Waals surface area contributed by atoms with E-state index in [-0.39, 0.29) is 0 Å². The molecule has 0 radical (unpaired) electrons. The fraction of sp³-hybridized carbons (Fsp3) is 0.765. The Morgan fingerprint density at radius 1 is 1.35 bits per heavy atom. The molecule has 0 bridgehead atoms. The van der Waals surface area contributed by atoms with E-state index in [4.69, 9.17) is 0 Å². The monoisotopic (exact) mass is 335 g/mol. The molecular weight excluding hydrogens is 306 g/mol. The van der Waals surface area contributed by atoms with E-state index in [1.807, 2.05) is 7.05 Å². The molecule has 0 amide bonds. The van der Waals surface area contributed by atoms with Crippen molar-refractivity contribution < 1.29 is 0 Å². The van der Waals surface area contributed by atoms with Crippen LogP contribution in [-0.4, -0.2) is 54.6 Å². The Hall–Kier alpha value is -1.14. The minimum absolute atomic E-state index is 0.509. The number of aliphatic imine (C=N–C) groups is 1. The van der Waals surface area contributed by atoms with Crippen LogP contribution < -0.4 is 10.6 Å². The molecule has 2 unspecified atom stereocenters. The highest BCUT2D eigenvalue weighted by Gasteiger charge is 2.38. The van der Waals surface area contributed by atoms with Crippen molar-refractivity contribution >= 4 is 17.3 Å². The van der Waals surface area contributed by atoms with Crippen molar-refractivity contribution in [2.24, 2.45) is 10.9 Å². The predicted octanol–water partition coefficient (Wildman–Crippen LogP) is 1.95. The third-order valence-electron chi connectivity index (χ3n) is 4.89. The highest BCUT2D eigenvalue weighted by molar-refractivity contribution is 7.11. The molecule has 3 rings (SSSR count).